The number of nitrogens with one attached hydrogen (secondary N) is 1. The predicted octanol–water partition coefficient (Wildman–Crippen LogP) is 1.17. The fourth-order valence-electron chi connectivity index (χ4n) is 0.839. The first kappa shape index (κ1) is 12.4. The first-order valence-corrected chi connectivity index (χ1v) is 4.95. The molecule has 0 aromatic rings. The highest BCUT2D eigenvalue weighted by atomic mass is 16.3. The molecule has 1 atom stereocenters. The van der Waals surface area contributed by atoms with Crippen molar-refractivity contribution in [2.45, 2.75) is 33.6 Å². The Hall–Kier alpha value is -0.570. The van der Waals surface area contributed by atoms with Crippen molar-refractivity contribution in [3.63, 3.8) is 0 Å². The lowest BCUT2D eigenvalue weighted by molar-refractivity contribution is -0.121. The summed E-state index contributed by atoms with van der Waals surface area (Å²) in [6.45, 7) is 7.24. The first-order chi connectivity index (χ1) is 6.07. The highest BCUT2D eigenvalue weighted by Crippen LogP contribution is 2.07. The van der Waals surface area contributed by atoms with Crippen LogP contribution in [0.5, 0.6) is 0 Å². The van der Waals surface area contributed by atoms with Crippen LogP contribution in [0.25, 0.3) is 0 Å². The molecule has 0 aromatic heterocycles. The van der Waals surface area contributed by atoms with Gasteiger partial charge in [0.15, 0.2) is 0 Å². The molecular weight excluding hydrogens is 166 g/mol. The summed E-state index contributed by atoms with van der Waals surface area (Å²) in [7, 11) is 0. The molecule has 0 saturated carbocycles. The van der Waals surface area contributed by atoms with Gasteiger partial charge in [-0.15, -0.1) is 0 Å². The van der Waals surface area contributed by atoms with Crippen molar-refractivity contribution >= 4 is 5.91 Å². The molecular formula is C10H21NO2. The minimum Gasteiger partial charge on any atom is -0.396 e. The van der Waals surface area contributed by atoms with E-state index in [-0.39, 0.29) is 12.5 Å². The topological polar surface area (TPSA) is 49.3 Å². The average molecular weight is 187 g/mol. The third kappa shape index (κ3) is 6.58. The number of amides is 1. The zero-order valence-electron chi connectivity index (χ0n) is 8.84. The van der Waals surface area contributed by atoms with Gasteiger partial charge in [-0.1, -0.05) is 20.8 Å². The van der Waals surface area contributed by atoms with Crippen molar-refractivity contribution in [3.05, 3.63) is 0 Å². The summed E-state index contributed by atoms with van der Waals surface area (Å²) in [6.07, 6.45) is 0.989. The van der Waals surface area contributed by atoms with Crippen molar-refractivity contribution in [1.29, 1.82) is 0 Å². The van der Waals surface area contributed by atoms with Gasteiger partial charge >= 0.3 is 0 Å². The first-order valence-electron chi connectivity index (χ1n) is 4.95. The highest BCUT2D eigenvalue weighted by Gasteiger charge is 2.08. The average Bonchev–Trinajstić information content (AvgIpc) is 2.10. The summed E-state index contributed by atoms with van der Waals surface area (Å²) < 4.78 is 0. The van der Waals surface area contributed by atoms with Crippen molar-refractivity contribution in [2.24, 2.45) is 11.8 Å². The number of aliphatic hydroxyl groups excluding tert-OH is 1. The molecule has 1 unspecified atom stereocenters. The second-order valence-corrected chi connectivity index (χ2v) is 3.85. The van der Waals surface area contributed by atoms with Crippen molar-refractivity contribution < 1.29 is 9.90 Å². The van der Waals surface area contributed by atoms with E-state index in [1.165, 1.54) is 0 Å². The fraction of sp³-hybridized carbons (Fsp3) is 0.900. The van der Waals surface area contributed by atoms with E-state index < -0.39 is 0 Å². The van der Waals surface area contributed by atoms with E-state index >= 15 is 0 Å². The summed E-state index contributed by atoms with van der Waals surface area (Å²) >= 11 is 0. The zero-order valence-corrected chi connectivity index (χ0v) is 8.84. The van der Waals surface area contributed by atoms with E-state index in [2.05, 4.69) is 26.1 Å². The fourth-order valence-corrected chi connectivity index (χ4v) is 0.839. The van der Waals surface area contributed by atoms with Gasteiger partial charge in [-0.25, -0.2) is 0 Å². The molecule has 1 amide bonds. The SMILES string of the molecule is CC(C)C(C)CNC(=O)CCCO. The standard InChI is InChI=1S/C10H21NO2/c1-8(2)9(3)7-11-10(13)5-4-6-12/h8-9,12H,4-7H2,1-3H3,(H,11,13). The maximum absolute atomic E-state index is 11.1. The maximum Gasteiger partial charge on any atom is 0.220 e. The van der Waals surface area contributed by atoms with Crippen LogP contribution in [0, 0.1) is 11.8 Å². The normalized spacial score (nSPS) is 13.0. The molecule has 0 saturated heterocycles. The van der Waals surface area contributed by atoms with Crippen LogP contribution in [-0.2, 0) is 4.79 Å². The Bertz CT molecular complexity index is 146. The molecule has 0 aliphatic rings. The Morgan fingerprint density at radius 1 is 1.38 bits per heavy atom. The summed E-state index contributed by atoms with van der Waals surface area (Å²) in [4.78, 5) is 11.1. The molecule has 0 heterocycles. The van der Waals surface area contributed by atoms with E-state index in [0.29, 0.717) is 24.7 Å². The molecule has 0 bridgehead atoms. The van der Waals surface area contributed by atoms with Crippen LogP contribution < -0.4 is 5.32 Å². The predicted molar refractivity (Wildman–Crippen MR) is 53.3 cm³/mol. The van der Waals surface area contributed by atoms with Crippen molar-refractivity contribution in [2.75, 3.05) is 13.2 Å². The van der Waals surface area contributed by atoms with Gasteiger partial charge in [0.25, 0.3) is 0 Å². The van der Waals surface area contributed by atoms with Crippen LogP contribution >= 0.6 is 0 Å². The van der Waals surface area contributed by atoms with Crippen LogP contribution in [0.3, 0.4) is 0 Å². The van der Waals surface area contributed by atoms with Gasteiger partial charge < -0.3 is 10.4 Å². The Kier molecular flexibility index (Phi) is 6.59. The van der Waals surface area contributed by atoms with E-state index in [4.69, 9.17) is 5.11 Å². The zero-order chi connectivity index (χ0) is 10.3. The Morgan fingerprint density at radius 2 is 2.00 bits per heavy atom. The molecule has 2 N–H and O–H groups in total. The van der Waals surface area contributed by atoms with Gasteiger partial charge in [-0.3, -0.25) is 4.79 Å². The monoisotopic (exact) mass is 187 g/mol. The third-order valence-electron chi connectivity index (χ3n) is 2.32. The number of hydrogen-bond donors (Lipinski definition) is 2. The Labute approximate surface area is 80.5 Å². The van der Waals surface area contributed by atoms with Gasteiger partial charge in [0.05, 0.1) is 0 Å². The number of carbonyl (C=O) groups excluding carboxylic acids is 1. The second kappa shape index (κ2) is 6.89. The minimum absolute atomic E-state index is 0.0431. The van der Waals surface area contributed by atoms with Crippen LogP contribution in [-0.4, -0.2) is 24.2 Å². The van der Waals surface area contributed by atoms with Crippen LogP contribution in [0.15, 0.2) is 0 Å². The van der Waals surface area contributed by atoms with Gasteiger partial charge in [-0.05, 0) is 18.3 Å². The molecule has 0 aliphatic heterocycles. The summed E-state index contributed by atoms with van der Waals surface area (Å²) in [5.41, 5.74) is 0. The molecule has 0 aliphatic carbocycles. The largest absolute Gasteiger partial charge is 0.396 e. The van der Waals surface area contributed by atoms with Gasteiger partial charge in [-0.2, -0.15) is 0 Å². The second-order valence-electron chi connectivity index (χ2n) is 3.85. The molecule has 78 valence electrons. The molecule has 0 spiro atoms. The smallest absolute Gasteiger partial charge is 0.220 e. The lowest BCUT2D eigenvalue weighted by Crippen LogP contribution is -2.30. The molecule has 3 nitrogen and oxygen atoms in total. The number of carbonyl (C=O) groups is 1. The van der Waals surface area contributed by atoms with Crippen LogP contribution in [0.1, 0.15) is 33.6 Å². The van der Waals surface area contributed by atoms with Crippen LogP contribution in [0.2, 0.25) is 0 Å². The number of aliphatic hydroxyl groups is 1. The number of rotatable bonds is 6. The van der Waals surface area contributed by atoms with E-state index in [1.807, 2.05) is 0 Å². The van der Waals surface area contributed by atoms with E-state index in [9.17, 15) is 4.79 Å². The lowest BCUT2D eigenvalue weighted by atomic mass is 9.98. The number of hydrogen-bond acceptors (Lipinski definition) is 2. The van der Waals surface area contributed by atoms with Crippen LogP contribution in [0.4, 0.5) is 0 Å². The molecule has 0 aromatic carbocycles. The Morgan fingerprint density at radius 3 is 2.46 bits per heavy atom. The lowest BCUT2D eigenvalue weighted by Gasteiger charge is -2.15. The molecule has 3 heteroatoms. The van der Waals surface area contributed by atoms with Gasteiger partial charge in [0.1, 0.15) is 0 Å². The quantitative estimate of drug-likeness (QED) is 0.655. The van der Waals surface area contributed by atoms with Gasteiger partial charge in [0.2, 0.25) is 5.91 Å². The summed E-state index contributed by atoms with van der Waals surface area (Å²) in [5.74, 6) is 1.15. The van der Waals surface area contributed by atoms with E-state index in [0.717, 1.165) is 6.54 Å². The highest BCUT2D eigenvalue weighted by molar-refractivity contribution is 5.75. The van der Waals surface area contributed by atoms with Crippen molar-refractivity contribution in [3.8, 4) is 0 Å². The summed E-state index contributed by atoms with van der Waals surface area (Å²) in [5, 5.41) is 11.3. The molecule has 13 heavy (non-hydrogen) atoms. The molecule has 0 radical (unpaired) electrons. The maximum atomic E-state index is 11.1. The Balaban J connectivity index is 3.46. The minimum atomic E-state index is 0.0431. The molecule has 0 rings (SSSR count). The molecule has 0 fully saturated rings. The summed E-state index contributed by atoms with van der Waals surface area (Å²) in [6, 6.07) is 0. The van der Waals surface area contributed by atoms with Crippen molar-refractivity contribution in [1.82, 2.24) is 5.32 Å². The third-order valence-corrected chi connectivity index (χ3v) is 2.32. The van der Waals surface area contributed by atoms with Gasteiger partial charge in [0, 0.05) is 19.6 Å². The van der Waals surface area contributed by atoms with E-state index in [1.54, 1.807) is 0 Å².